The van der Waals surface area contributed by atoms with Crippen molar-refractivity contribution in [3.8, 4) is 0 Å². The molecule has 2 aromatic rings. The number of carbonyl (C=O) groups is 1. The van der Waals surface area contributed by atoms with E-state index in [0.717, 1.165) is 11.3 Å². The standard InChI is InChI=1S/C20H17Cl2FN4OS2/c1-26(2)12-5-3-11(4-6-12)19-27(18(28)10-29-19)20-25-24-17(9-30-20)13-7-16(23)15(22)8-14(13)21/h3-8,19H,9-10H2,1-2H3. The second-order valence-corrected chi connectivity index (χ2v) is 9.70. The first-order valence-electron chi connectivity index (χ1n) is 8.98. The third kappa shape index (κ3) is 4.19. The number of carbonyl (C=O) groups excluding carboxylic acids is 1. The molecule has 5 nitrogen and oxygen atoms in total. The summed E-state index contributed by atoms with van der Waals surface area (Å²) in [5.74, 6) is 0.221. The molecule has 0 saturated carbocycles. The van der Waals surface area contributed by atoms with Crippen LogP contribution in [0, 0.1) is 5.82 Å². The molecule has 2 aliphatic rings. The van der Waals surface area contributed by atoms with Crippen LogP contribution in [0.1, 0.15) is 16.5 Å². The first kappa shape index (κ1) is 21.5. The fourth-order valence-electron chi connectivity index (χ4n) is 3.10. The molecule has 2 aromatic carbocycles. The molecule has 0 spiro atoms. The minimum atomic E-state index is -0.564. The molecule has 0 radical (unpaired) electrons. The molecule has 2 aliphatic heterocycles. The van der Waals surface area contributed by atoms with Crippen LogP contribution in [-0.2, 0) is 4.79 Å². The summed E-state index contributed by atoms with van der Waals surface area (Å²) in [6.45, 7) is 0. The summed E-state index contributed by atoms with van der Waals surface area (Å²) in [5.41, 5.74) is 3.10. The molecule has 2 heterocycles. The third-order valence-corrected chi connectivity index (χ3v) is 7.45. The van der Waals surface area contributed by atoms with Crippen molar-refractivity contribution < 1.29 is 9.18 Å². The molecular weight excluding hydrogens is 466 g/mol. The fourth-order valence-corrected chi connectivity index (χ4v) is 5.74. The molecule has 0 aliphatic carbocycles. The van der Waals surface area contributed by atoms with E-state index in [1.807, 2.05) is 43.3 Å². The zero-order valence-corrected chi connectivity index (χ0v) is 19.2. The van der Waals surface area contributed by atoms with Gasteiger partial charge in [-0.2, -0.15) is 5.10 Å². The number of hydrogen-bond acceptors (Lipinski definition) is 6. The van der Waals surface area contributed by atoms with Crippen molar-refractivity contribution in [3.05, 3.63) is 63.4 Å². The van der Waals surface area contributed by atoms with Gasteiger partial charge in [0.1, 0.15) is 11.2 Å². The van der Waals surface area contributed by atoms with Gasteiger partial charge in [-0.3, -0.25) is 9.69 Å². The Morgan fingerprint density at radius 1 is 1.10 bits per heavy atom. The molecule has 0 aromatic heterocycles. The Kier molecular flexibility index (Phi) is 6.29. The number of hydrogen-bond donors (Lipinski definition) is 0. The molecule has 156 valence electrons. The average molecular weight is 483 g/mol. The van der Waals surface area contributed by atoms with E-state index in [1.165, 1.54) is 23.9 Å². The molecule has 30 heavy (non-hydrogen) atoms. The van der Waals surface area contributed by atoms with E-state index >= 15 is 0 Å². The highest BCUT2D eigenvalue weighted by atomic mass is 35.5. The molecule has 1 amide bonds. The molecule has 1 fully saturated rings. The van der Waals surface area contributed by atoms with Crippen LogP contribution in [0.4, 0.5) is 10.1 Å². The Morgan fingerprint density at radius 3 is 2.47 bits per heavy atom. The Balaban J connectivity index is 1.61. The number of anilines is 1. The number of rotatable bonds is 3. The van der Waals surface area contributed by atoms with Crippen molar-refractivity contribution in [3.63, 3.8) is 0 Å². The van der Waals surface area contributed by atoms with Crippen molar-refractivity contribution in [2.75, 3.05) is 30.5 Å². The summed E-state index contributed by atoms with van der Waals surface area (Å²) < 4.78 is 13.9. The Hall–Kier alpha value is -1.74. The molecule has 1 unspecified atom stereocenters. The van der Waals surface area contributed by atoms with Crippen LogP contribution in [0.15, 0.2) is 46.6 Å². The summed E-state index contributed by atoms with van der Waals surface area (Å²) in [7, 11) is 3.97. The number of amides is 1. The Bertz CT molecular complexity index is 1060. The van der Waals surface area contributed by atoms with Gasteiger partial charge in [0.2, 0.25) is 5.91 Å². The second kappa shape index (κ2) is 8.78. The van der Waals surface area contributed by atoms with Gasteiger partial charge >= 0.3 is 0 Å². The van der Waals surface area contributed by atoms with Gasteiger partial charge in [-0.25, -0.2) is 4.39 Å². The van der Waals surface area contributed by atoms with E-state index in [2.05, 4.69) is 10.2 Å². The largest absolute Gasteiger partial charge is 0.378 e. The second-order valence-electron chi connectivity index (χ2n) is 6.88. The molecule has 0 N–H and O–H groups in total. The number of nitrogens with zero attached hydrogens (tertiary/aromatic N) is 4. The van der Waals surface area contributed by atoms with Gasteiger partial charge in [0.05, 0.1) is 21.5 Å². The maximum atomic E-state index is 13.9. The Labute approximate surface area is 192 Å². The highest BCUT2D eigenvalue weighted by molar-refractivity contribution is 8.14. The lowest BCUT2D eigenvalue weighted by molar-refractivity contribution is -0.124. The number of amidine groups is 1. The van der Waals surface area contributed by atoms with Gasteiger partial charge in [0.15, 0.2) is 5.17 Å². The molecular formula is C20H17Cl2FN4OS2. The van der Waals surface area contributed by atoms with Crippen LogP contribution in [-0.4, -0.2) is 47.3 Å². The monoisotopic (exact) mass is 482 g/mol. The summed E-state index contributed by atoms with van der Waals surface area (Å²) in [4.78, 5) is 16.3. The number of halogens is 3. The van der Waals surface area contributed by atoms with Crippen molar-refractivity contribution in [1.82, 2.24) is 4.90 Å². The summed E-state index contributed by atoms with van der Waals surface area (Å²) >= 11 is 14.9. The quantitative estimate of drug-likeness (QED) is 0.558. The van der Waals surface area contributed by atoms with Gasteiger partial charge in [-0.05, 0) is 29.8 Å². The van der Waals surface area contributed by atoms with Gasteiger partial charge in [-0.1, -0.05) is 47.1 Å². The highest BCUT2D eigenvalue weighted by Gasteiger charge is 2.37. The predicted octanol–water partition coefficient (Wildman–Crippen LogP) is 5.28. The molecule has 10 heteroatoms. The maximum Gasteiger partial charge on any atom is 0.239 e. The van der Waals surface area contributed by atoms with E-state index in [9.17, 15) is 9.18 Å². The molecule has 4 rings (SSSR count). The van der Waals surface area contributed by atoms with E-state index < -0.39 is 5.82 Å². The van der Waals surface area contributed by atoms with Crippen LogP contribution in [0.3, 0.4) is 0 Å². The van der Waals surface area contributed by atoms with Crippen LogP contribution < -0.4 is 4.90 Å². The van der Waals surface area contributed by atoms with Crippen LogP contribution in [0.5, 0.6) is 0 Å². The van der Waals surface area contributed by atoms with Gasteiger partial charge in [-0.15, -0.1) is 16.9 Å². The van der Waals surface area contributed by atoms with Crippen LogP contribution in [0.25, 0.3) is 0 Å². The minimum absolute atomic E-state index is 0.0119. The zero-order chi connectivity index (χ0) is 21.4. The predicted molar refractivity (Wildman–Crippen MR) is 126 cm³/mol. The fraction of sp³-hybridized carbons (Fsp3) is 0.250. The van der Waals surface area contributed by atoms with Crippen molar-refractivity contribution >= 4 is 69.2 Å². The summed E-state index contributed by atoms with van der Waals surface area (Å²) in [5, 5.41) is 9.15. The lowest BCUT2D eigenvalue weighted by Crippen LogP contribution is -2.34. The normalized spacial score (nSPS) is 19.0. The molecule has 1 saturated heterocycles. The first-order chi connectivity index (χ1) is 14.3. The summed E-state index contributed by atoms with van der Waals surface area (Å²) in [6, 6.07) is 10.7. The van der Waals surface area contributed by atoms with E-state index in [-0.39, 0.29) is 16.3 Å². The molecule has 1 atom stereocenters. The van der Waals surface area contributed by atoms with Crippen LogP contribution in [0.2, 0.25) is 10.0 Å². The first-order valence-corrected chi connectivity index (χ1v) is 11.8. The van der Waals surface area contributed by atoms with E-state index in [4.69, 9.17) is 23.2 Å². The lowest BCUT2D eigenvalue weighted by Gasteiger charge is -2.26. The topological polar surface area (TPSA) is 48.3 Å². The van der Waals surface area contributed by atoms with Crippen LogP contribution >= 0.6 is 46.7 Å². The van der Waals surface area contributed by atoms with E-state index in [0.29, 0.717) is 33.0 Å². The SMILES string of the molecule is CN(C)c1ccc(C2SCC(=O)N2C2=NN=C(c3cc(F)c(Cl)cc3Cl)CS2)cc1. The zero-order valence-electron chi connectivity index (χ0n) is 16.1. The molecule has 0 bridgehead atoms. The van der Waals surface area contributed by atoms with Gasteiger partial charge in [0, 0.05) is 31.1 Å². The van der Waals surface area contributed by atoms with E-state index in [1.54, 1.807) is 16.7 Å². The lowest BCUT2D eigenvalue weighted by atomic mass is 10.1. The smallest absolute Gasteiger partial charge is 0.239 e. The Morgan fingerprint density at radius 2 is 1.83 bits per heavy atom. The van der Waals surface area contributed by atoms with Crippen molar-refractivity contribution in [2.24, 2.45) is 10.2 Å². The number of benzene rings is 2. The number of thioether (sulfide) groups is 2. The average Bonchev–Trinajstić information content (AvgIpc) is 3.12. The maximum absolute atomic E-state index is 13.9. The van der Waals surface area contributed by atoms with Gasteiger partial charge < -0.3 is 4.90 Å². The highest BCUT2D eigenvalue weighted by Crippen LogP contribution is 2.41. The third-order valence-electron chi connectivity index (χ3n) is 4.68. The van der Waals surface area contributed by atoms with Gasteiger partial charge in [0.25, 0.3) is 0 Å². The summed E-state index contributed by atoms with van der Waals surface area (Å²) in [6.07, 6.45) is 0. The van der Waals surface area contributed by atoms with Crippen molar-refractivity contribution in [1.29, 1.82) is 0 Å². The van der Waals surface area contributed by atoms with Crippen molar-refractivity contribution in [2.45, 2.75) is 5.37 Å². The minimum Gasteiger partial charge on any atom is -0.378 e.